The van der Waals surface area contributed by atoms with E-state index in [1.807, 2.05) is 0 Å². The molecule has 0 atom stereocenters. The third-order valence-corrected chi connectivity index (χ3v) is 3.97. The van der Waals surface area contributed by atoms with E-state index in [1.165, 1.54) is 43.3 Å². The van der Waals surface area contributed by atoms with E-state index in [0.717, 1.165) is 6.42 Å². The van der Waals surface area contributed by atoms with Crippen molar-refractivity contribution in [3.63, 3.8) is 0 Å². The van der Waals surface area contributed by atoms with Gasteiger partial charge in [-0.3, -0.25) is 0 Å². The molecular weight excluding hydrogens is 204 g/mol. The first-order valence-corrected chi connectivity index (χ1v) is 6.99. The van der Waals surface area contributed by atoms with Crippen LogP contribution in [0.25, 0.3) is 0 Å². The molecule has 0 saturated heterocycles. The molecule has 1 saturated carbocycles. The van der Waals surface area contributed by atoms with Crippen molar-refractivity contribution in [2.45, 2.75) is 59.3 Å². The monoisotopic (exact) mass is 232 g/mol. The summed E-state index contributed by atoms with van der Waals surface area (Å²) in [6, 6.07) is 0. The van der Waals surface area contributed by atoms with Crippen molar-refractivity contribution in [1.82, 2.24) is 0 Å². The summed E-state index contributed by atoms with van der Waals surface area (Å²) in [5.74, 6) is 0.703. The van der Waals surface area contributed by atoms with Gasteiger partial charge in [-0.1, -0.05) is 63.6 Å². The quantitative estimate of drug-likeness (QED) is 0.536. The Morgan fingerprint density at radius 3 is 2.29 bits per heavy atom. The molecule has 1 aliphatic carbocycles. The second-order valence-electron chi connectivity index (χ2n) is 6.25. The highest BCUT2D eigenvalue weighted by Crippen LogP contribution is 2.40. The summed E-state index contributed by atoms with van der Waals surface area (Å²) in [6.07, 6.45) is 11.9. The van der Waals surface area contributed by atoms with Crippen molar-refractivity contribution in [3.8, 4) is 0 Å². The summed E-state index contributed by atoms with van der Waals surface area (Å²) in [7, 11) is 0. The van der Waals surface area contributed by atoms with Gasteiger partial charge in [-0.05, 0) is 43.4 Å². The van der Waals surface area contributed by atoms with Crippen LogP contribution in [0.4, 0.5) is 0 Å². The largest absolute Gasteiger partial charge is 0.0958 e. The highest BCUT2D eigenvalue weighted by molar-refractivity contribution is 5.26. The maximum absolute atomic E-state index is 4.23. The van der Waals surface area contributed by atoms with Gasteiger partial charge < -0.3 is 0 Å². The lowest BCUT2D eigenvalue weighted by Gasteiger charge is -2.34. The van der Waals surface area contributed by atoms with Gasteiger partial charge in [-0.25, -0.2) is 0 Å². The molecule has 1 fully saturated rings. The highest BCUT2D eigenvalue weighted by atomic mass is 14.3. The van der Waals surface area contributed by atoms with Gasteiger partial charge >= 0.3 is 0 Å². The molecule has 1 aliphatic rings. The topological polar surface area (TPSA) is 0 Å². The molecule has 17 heavy (non-hydrogen) atoms. The van der Waals surface area contributed by atoms with Crippen LogP contribution in [0.3, 0.4) is 0 Å². The normalized spacial score (nSPS) is 20.6. The van der Waals surface area contributed by atoms with Gasteiger partial charge in [0.25, 0.3) is 0 Å². The molecule has 0 spiro atoms. The van der Waals surface area contributed by atoms with Crippen LogP contribution in [0.15, 0.2) is 36.5 Å². The fraction of sp³-hybridized carbons (Fsp3) is 0.647. The van der Waals surface area contributed by atoms with Crippen LogP contribution in [0.2, 0.25) is 0 Å². The molecule has 0 aromatic rings. The average molecular weight is 232 g/mol. The first-order chi connectivity index (χ1) is 7.94. The Balaban J connectivity index is 2.42. The maximum atomic E-state index is 4.23. The predicted octanol–water partition coefficient (Wildman–Crippen LogP) is 5.67. The number of rotatable bonds is 5. The minimum absolute atomic E-state index is 0.548. The van der Waals surface area contributed by atoms with E-state index in [4.69, 9.17) is 0 Å². The Hall–Kier alpha value is -0.780. The Kier molecular flexibility index (Phi) is 5.24. The summed E-state index contributed by atoms with van der Waals surface area (Å²) in [5, 5.41) is 0. The van der Waals surface area contributed by atoms with Gasteiger partial charge in [0.05, 0.1) is 0 Å². The molecule has 0 nitrogen and oxygen atoms in total. The fourth-order valence-electron chi connectivity index (χ4n) is 2.54. The molecule has 0 bridgehead atoms. The molecule has 0 unspecified atom stereocenters. The molecule has 0 aromatic carbocycles. The zero-order valence-corrected chi connectivity index (χ0v) is 11.9. The lowest BCUT2D eigenvalue weighted by molar-refractivity contribution is 0.210. The number of hydrogen-bond acceptors (Lipinski definition) is 0. The first kappa shape index (κ1) is 14.3. The van der Waals surface area contributed by atoms with Gasteiger partial charge in [0.1, 0.15) is 0 Å². The van der Waals surface area contributed by atoms with Gasteiger partial charge in [0, 0.05) is 0 Å². The predicted molar refractivity (Wildman–Crippen MR) is 78.1 cm³/mol. The van der Waals surface area contributed by atoms with Crippen molar-refractivity contribution in [2.24, 2.45) is 11.3 Å². The first-order valence-electron chi connectivity index (χ1n) is 6.99. The van der Waals surface area contributed by atoms with Crippen LogP contribution < -0.4 is 0 Å². The second-order valence-corrected chi connectivity index (χ2v) is 6.25. The van der Waals surface area contributed by atoms with Crippen LogP contribution in [0.1, 0.15) is 59.3 Å². The fourth-order valence-corrected chi connectivity index (χ4v) is 2.54. The van der Waals surface area contributed by atoms with Crippen LogP contribution >= 0.6 is 0 Å². The van der Waals surface area contributed by atoms with Gasteiger partial charge in [0.2, 0.25) is 0 Å². The molecule has 96 valence electrons. The van der Waals surface area contributed by atoms with Crippen LogP contribution in [0.5, 0.6) is 0 Å². The molecule has 0 aliphatic heterocycles. The van der Waals surface area contributed by atoms with Gasteiger partial charge in [0.15, 0.2) is 0 Å². The van der Waals surface area contributed by atoms with E-state index in [0.29, 0.717) is 11.3 Å². The highest BCUT2D eigenvalue weighted by Gasteiger charge is 2.27. The zero-order chi connectivity index (χ0) is 12.9. The number of allylic oxidation sites excluding steroid dienone is 4. The van der Waals surface area contributed by atoms with Crippen LogP contribution in [0, 0.1) is 11.3 Å². The van der Waals surface area contributed by atoms with E-state index in [9.17, 15) is 0 Å². The smallest absolute Gasteiger partial charge is 0.0167 e. The van der Waals surface area contributed by atoms with E-state index >= 15 is 0 Å². The van der Waals surface area contributed by atoms with E-state index in [2.05, 4.69) is 46.1 Å². The summed E-state index contributed by atoms with van der Waals surface area (Å²) in [6.45, 7) is 15.2. The Labute approximate surface area is 108 Å². The third-order valence-electron chi connectivity index (χ3n) is 3.97. The SMILES string of the molecule is C=C(/C=C/C(=C)C1CCC(C)(C)CC1)CCC. The van der Waals surface area contributed by atoms with Crippen molar-refractivity contribution in [2.75, 3.05) is 0 Å². The summed E-state index contributed by atoms with van der Waals surface area (Å²) in [5.41, 5.74) is 3.08. The lowest BCUT2D eigenvalue weighted by Crippen LogP contribution is -2.21. The van der Waals surface area contributed by atoms with Gasteiger partial charge in [-0.2, -0.15) is 0 Å². The molecule has 0 radical (unpaired) electrons. The lowest BCUT2D eigenvalue weighted by atomic mass is 9.71. The standard InChI is InChI=1S/C17H28/c1-6-7-14(2)8-9-15(3)16-10-12-17(4,5)13-11-16/h8-9,16H,2-3,6-7,10-13H2,1,4-5H3/b9-8+. The Bertz CT molecular complexity index is 294. The molecule has 0 aromatic heterocycles. The van der Waals surface area contributed by atoms with E-state index in [1.54, 1.807) is 0 Å². The third kappa shape index (κ3) is 4.93. The average Bonchev–Trinajstić information content (AvgIpc) is 2.26. The zero-order valence-electron chi connectivity index (χ0n) is 11.9. The molecule has 0 heterocycles. The van der Waals surface area contributed by atoms with E-state index in [-0.39, 0.29) is 0 Å². The van der Waals surface area contributed by atoms with Crippen molar-refractivity contribution in [3.05, 3.63) is 36.5 Å². The minimum atomic E-state index is 0.548. The Morgan fingerprint density at radius 2 is 1.76 bits per heavy atom. The summed E-state index contributed by atoms with van der Waals surface area (Å²) in [4.78, 5) is 0. The molecule has 0 heteroatoms. The maximum Gasteiger partial charge on any atom is -0.0167 e. The van der Waals surface area contributed by atoms with Crippen LogP contribution in [-0.4, -0.2) is 0 Å². The molecule has 1 rings (SSSR count). The van der Waals surface area contributed by atoms with Crippen molar-refractivity contribution < 1.29 is 0 Å². The second kappa shape index (κ2) is 6.23. The van der Waals surface area contributed by atoms with Crippen molar-refractivity contribution >= 4 is 0 Å². The summed E-state index contributed by atoms with van der Waals surface area (Å²) >= 11 is 0. The Morgan fingerprint density at radius 1 is 1.18 bits per heavy atom. The van der Waals surface area contributed by atoms with Crippen LogP contribution in [-0.2, 0) is 0 Å². The molecule has 0 N–H and O–H groups in total. The minimum Gasteiger partial charge on any atom is -0.0958 e. The molecule has 0 amide bonds. The molecular formula is C17H28. The van der Waals surface area contributed by atoms with Gasteiger partial charge in [-0.15, -0.1) is 0 Å². The van der Waals surface area contributed by atoms with Crippen molar-refractivity contribution in [1.29, 1.82) is 0 Å². The van der Waals surface area contributed by atoms with E-state index < -0.39 is 0 Å². The number of hydrogen-bond donors (Lipinski definition) is 0. The summed E-state index contributed by atoms with van der Waals surface area (Å²) < 4.78 is 0.